The highest BCUT2D eigenvalue weighted by Crippen LogP contribution is 2.34. The van der Waals surface area contributed by atoms with E-state index in [0.29, 0.717) is 6.04 Å². The lowest BCUT2D eigenvalue weighted by Gasteiger charge is -2.42. The zero-order chi connectivity index (χ0) is 17.1. The minimum absolute atomic E-state index is 0.122. The second-order valence-electron chi connectivity index (χ2n) is 7.74. The largest absolute Gasteiger partial charge is 0.441 e. The average Bonchev–Trinajstić information content (AvgIpc) is 2.97. The average molecular weight is 343 g/mol. The molecule has 4 rings (SSSR count). The van der Waals surface area contributed by atoms with Crippen molar-refractivity contribution in [2.75, 3.05) is 39.3 Å². The molecule has 3 saturated heterocycles. The number of benzene rings is 1. The molecule has 1 N–H and O–H groups in total. The number of ether oxygens (including phenoxy) is 1. The molecule has 0 saturated carbocycles. The summed E-state index contributed by atoms with van der Waals surface area (Å²) in [6.45, 7) is 5.87. The topological polar surface area (TPSA) is 44.8 Å². The van der Waals surface area contributed by atoms with Crippen LogP contribution in [0.2, 0.25) is 0 Å². The van der Waals surface area contributed by atoms with Gasteiger partial charge in [-0.05, 0) is 31.4 Å². The summed E-state index contributed by atoms with van der Waals surface area (Å²) >= 11 is 0. The minimum Gasteiger partial charge on any atom is -0.441 e. The Morgan fingerprint density at radius 3 is 2.72 bits per heavy atom. The van der Waals surface area contributed by atoms with Crippen LogP contribution < -0.4 is 5.32 Å². The molecule has 136 valence electrons. The molecule has 0 aromatic heterocycles. The van der Waals surface area contributed by atoms with E-state index in [1.54, 1.807) is 0 Å². The number of hydrogen-bond donors (Lipinski definition) is 1. The second-order valence-corrected chi connectivity index (χ2v) is 7.74. The third kappa shape index (κ3) is 3.82. The Kier molecular flexibility index (Phi) is 4.95. The fourth-order valence-corrected chi connectivity index (χ4v) is 4.48. The van der Waals surface area contributed by atoms with Gasteiger partial charge in [0, 0.05) is 45.1 Å². The first-order chi connectivity index (χ1) is 12.2. The van der Waals surface area contributed by atoms with Gasteiger partial charge in [-0.2, -0.15) is 0 Å². The Hall–Kier alpha value is -1.59. The van der Waals surface area contributed by atoms with Gasteiger partial charge in [0.25, 0.3) is 0 Å². The van der Waals surface area contributed by atoms with Gasteiger partial charge in [-0.25, -0.2) is 4.79 Å². The molecule has 1 amide bonds. The molecule has 1 aromatic carbocycles. The molecule has 3 heterocycles. The Labute approximate surface area is 150 Å². The lowest BCUT2D eigenvalue weighted by Crippen LogP contribution is -2.53. The van der Waals surface area contributed by atoms with Gasteiger partial charge >= 0.3 is 6.09 Å². The molecule has 3 fully saturated rings. The van der Waals surface area contributed by atoms with Gasteiger partial charge in [0.05, 0.1) is 6.54 Å². The fraction of sp³-hybridized carbons (Fsp3) is 0.650. The number of carbonyl (C=O) groups is 1. The standard InChI is InChI=1S/C20H29N3O2/c24-19-23(12-8-17-5-2-1-3-6-17)16-20(25-19)9-13-22(14-10-20)18-7-4-11-21-15-18/h1-3,5-6,18,21H,4,7-16H2. The van der Waals surface area contributed by atoms with Crippen molar-refractivity contribution >= 4 is 6.09 Å². The fourth-order valence-electron chi connectivity index (χ4n) is 4.48. The van der Waals surface area contributed by atoms with Crippen LogP contribution >= 0.6 is 0 Å². The minimum atomic E-state index is -0.244. The highest BCUT2D eigenvalue weighted by Gasteiger charge is 2.47. The maximum absolute atomic E-state index is 12.3. The Morgan fingerprint density at radius 2 is 2.00 bits per heavy atom. The smallest absolute Gasteiger partial charge is 0.410 e. The van der Waals surface area contributed by atoms with E-state index in [-0.39, 0.29) is 11.7 Å². The molecule has 1 aromatic rings. The Bertz CT molecular complexity index is 578. The van der Waals surface area contributed by atoms with E-state index >= 15 is 0 Å². The number of nitrogens with zero attached hydrogens (tertiary/aromatic N) is 2. The molecular formula is C20H29N3O2. The first-order valence-corrected chi connectivity index (χ1v) is 9.71. The first kappa shape index (κ1) is 16.9. The zero-order valence-corrected chi connectivity index (χ0v) is 15.0. The van der Waals surface area contributed by atoms with Gasteiger partial charge in [0.1, 0.15) is 5.60 Å². The number of carbonyl (C=O) groups excluding carboxylic acids is 1. The van der Waals surface area contributed by atoms with Crippen molar-refractivity contribution in [2.24, 2.45) is 0 Å². The Balaban J connectivity index is 1.29. The lowest BCUT2D eigenvalue weighted by atomic mass is 9.89. The van der Waals surface area contributed by atoms with Crippen molar-refractivity contribution in [2.45, 2.75) is 43.7 Å². The summed E-state index contributed by atoms with van der Waals surface area (Å²) in [5, 5.41) is 3.50. The Morgan fingerprint density at radius 1 is 1.20 bits per heavy atom. The summed E-state index contributed by atoms with van der Waals surface area (Å²) in [7, 11) is 0. The van der Waals surface area contributed by atoms with E-state index in [1.807, 2.05) is 11.0 Å². The molecule has 0 bridgehead atoms. The quantitative estimate of drug-likeness (QED) is 0.911. The molecule has 1 atom stereocenters. The van der Waals surface area contributed by atoms with Crippen LogP contribution in [0.5, 0.6) is 0 Å². The van der Waals surface area contributed by atoms with Crippen LogP contribution in [0.25, 0.3) is 0 Å². The third-order valence-corrected chi connectivity index (χ3v) is 6.05. The molecule has 25 heavy (non-hydrogen) atoms. The SMILES string of the molecule is O=C1OC2(CCN(C3CCCNC3)CC2)CN1CCc1ccccc1. The van der Waals surface area contributed by atoms with Crippen molar-refractivity contribution in [3.8, 4) is 0 Å². The number of amides is 1. The van der Waals surface area contributed by atoms with Crippen molar-refractivity contribution in [3.05, 3.63) is 35.9 Å². The van der Waals surface area contributed by atoms with Gasteiger partial charge < -0.3 is 15.0 Å². The van der Waals surface area contributed by atoms with Gasteiger partial charge in [0.2, 0.25) is 0 Å². The van der Waals surface area contributed by atoms with Crippen LogP contribution in [0.15, 0.2) is 30.3 Å². The molecule has 0 aliphatic carbocycles. The van der Waals surface area contributed by atoms with E-state index in [0.717, 1.165) is 58.5 Å². The van der Waals surface area contributed by atoms with Crippen LogP contribution in [0, 0.1) is 0 Å². The van der Waals surface area contributed by atoms with Gasteiger partial charge in [0.15, 0.2) is 0 Å². The predicted octanol–water partition coefficient (Wildman–Crippen LogP) is 2.27. The van der Waals surface area contributed by atoms with E-state index in [9.17, 15) is 4.79 Å². The molecular weight excluding hydrogens is 314 g/mol. The highest BCUT2D eigenvalue weighted by molar-refractivity contribution is 5.70. The number of rotatable bonds is 4. The van der Waals surface area contributed by atoms with E-state index < -0.39 is 0 Å². The van der Waals surface area contributed by atoms with E-state index in [2.05, 4.69) is 34.5 Å². The molecule has 5 heteroatoms. The summed E-state index contributed by atoms with van der Waals surface area (Å²) in [5.41, 5.74) is 1.03. The molecule has 3 aliphatic rings. The van der Waals surface area contributed by atoms with Crippen molar-refractivity contribution in [3.63, 3.8) is 0 Å². The lowest BCUT2D eigenvalue weighted by molar-refractivity contribution is -0.0127. The van der Waals surface area contributed by atoms with Crippen LogP contribution in [0.4, 0.5) is 4.79 Å². The van der Waals surface area contributed by atoms with Crippen molar-refractivity contribution in [1.82, 2.24) is 15.1 Å². The van der Waals surface area contributed by atoms with Gasteiger partial charge in [-0.15, -0.1) is 0 Å². The molecule has 1 spiro atoms. The van der Waals surface area contributed by atoms with Gasteiger partial charge in [-0.1, -0.05) is 30.3 Å². The van der Waals surface area contributed by atoms with Crippen LogP contribution in [-0.2, 0) is 11.2 Å². The first-order valence-electron chi connectivity index (χ1n) is 9.71. The molecule has 0 radical (unpaired) electrons. The number of piperidine rings is 2. The summed E-state index contributed by atoms with van der Waals surface area (Å²) in [5.74, 6) is 0. The number of nitrogens with one attached hydrogen (secondary N) is 1. The summed E-state index contributed by atoms with van der Waals surface area (Å²) in [6.07, 6.45) is 5.28. The zero-order valence-electron chi connectivity index (χ0n) is 15.0. The summed E-state index contributed by atoms with van der Waals surface area (Å²) < 4.78 is 5.87. The highest BCUT2D eigenvalue weighted by atomic mass is 16.6. The van der Waals surface area contributed by atoms with Crippen LogP contribution in [0.3, 0.4) is 0 Å². The van der Waals surface area contributed by atoms with Gasteiger partial charge in [-0.3, -0.25) is 4.90 Å². The predicted molar refractivity (Wildman–Crippen MR) is 97.6 cm³/mol. The normalized spacial score (nSPS) is 26.8. The molecule has 1 unspecified atom stereocenters. The molecule has 5 nitrogen and oxygen atoms in total. The molecule has 3 aliphatic heterocycles. The van der Waals surface area contributed by atoms with Crippen LogP contribution in [0.1, 0.15) is 31.2 Å². The van der Waals surface area contributed by atoms with E-state index in [4.69, 9.17) is 4.74 Å². The summed E-state index contributed by atoms with van der Waals surface area (Å²) in [4.78, 5) is 16.8. The summed E-state index contributed by atoms with van der Waals surface area (Å²) in [6, 6.07) is 11.0. The third-order valence-electron chi connectivity index (χ3n) is 6.05. The van der Waals surface area contributed by atoms with Crippen molar-refractivity contribution < 1.29 is 9.53 Å². The second kappa shape index (κ2) is 7.34. The van der Waals surface area contributed by atoms with Crippen LogP contribution in [-0.4, -0.2) is 66.8 Å². The van der Waals surface area contributed by atoms with E-state index in [1.165, 1.54) is 18.4 Å². The maximum Gasteiger partial charge on any atom is 0.410 e. The number of likely N-dealkylation sites (tertiary alicyclic amines) is 1. The number of hydrogen-bond acceptors (Lipinski definition) is 4. The maximum atomic E-state index is 12.3. The van der Waals surface area contributed by atoms with Crippen molar-refractivity contribution in [1.29, 1.82) is 0 Å². The monoisotopic (exact) mass is 343 g/mol.